The molecule has 6 nitrogen and oxygen atoms in total. The SMILES string of the molecule is CC(=O)NC(C)(C)c1noc(-c2ccccc2Oc2ccccc2)n1. The lowest BCUT2D eigenvalue weighted by atomic mass is 10.1. The van der Waals surface area contributed by atoms with Crippen molar-refractivity contribution >= 4 is 5.91 Å². The molecule has 0 unspecified atom stereocenters. The van der Waals surface area contributed by atoms with Gasteiger partial charge in [0.1, 0.15) is 11.5 Å². The predicted molar refractivity (Wildman–Crippen MR) is 93.1 cm³/mol. The summed E-state index contributed by atoms with van der Waals surface area (Å²) in [6, 6.07) is 16.9. The topological polar surface area (TPSA) is 77.2 Å². The first kappa shape index (κ1) is 16.7. The number of para-hydroxylation sites is 2. The minimum Gasteiger partial charge on any atom is -0.457 e. The molecule has 1 N–H and O–H groups in total. The summed E-state index contributed by atoms with van der Waals surface area (Å²) < 4.78 is 11.3. The van der Waals surface area contributed by atoms with Crippen molar-refractivity contribution in [1.29, 1.82) is 0 Å². The molecule has 0 aliphatic carbocycles. The summed E-state index contributed by atoms with van der Waals surface area (Å²) in [4.78, 5) is 15.8. The van der Waals surface area contributed by atoms with E-state index in [-0.39, 0.29) is 5.91 Å². The number of amides is 1. The van der Waals surface area contributed by atoms with Gasteiger partial charge in [0.2, 0.25) is 5.91 Å². The van der Waals surface area contributed by atoms with E-state index in [9.17, 15) is 4.79 Å². The molecule has 0 bridgehead atoms. The second kappa shape index (κ2) is 6.76. The summed E-state index contributed by atoms with van der Waals surface area (Å²) in [5, 5.41) is 6.81. The number of rotatable bonds is 5. The number of ether oxygens (including phenoxy) is 1. The number of aromatic nitrogens is 2. The molecule has 25 heavy (non-hydrogen) atoms. The van der Waals surface area contributed by atoms with Crippen LogP contribution in [-0.4, -0.2) is 16.0 Å². The summed E-state index contributed by atoms with van der Waals surface area (Å²) in [5.41, 5.74) is -0.0493. The van der Waals surface area contributed by atoms with Crippen LogP contribution in [0.25, 0.3) is 11.5 Å². The molecule has 6 heteroatoms. The van der Waals surface area contributed by atoms with Gasteiger partial charge in [-0.1, -0.05) is 35.5 Å². The zero-order valence-electron chi connectivity index (χ0n) is 14.3. The predicted octanol–water partition coefficient (Wildman–Crippen LogP) is 3.90. The third kappa shape index (κ3) is 3.85. The normalized spacial score (nSPS) is 11.2. The van der Waals surface area contributed by atoms with Gasteiger partial charge in [0.15, 0.2) is 5.82 Å². The fourth-order valence-electron chi connectivity index (χ4n) is 2.43. The maximum Gasteiger partial charge on any atom is 0.261 e. The Hall–Kier alpha value is -3.15. The quantitative estimate of drug-likeness (QED) is 0.764. The Kier molecular flexibility index (Phi) is 4.52. The number of carbonyl (C=O) groups is 1. The van der Waals surface area contributed by atoms with Gasteiger partial charge in [0.05, 0.1) is 11.1 Å². The number of nitrogens with zero attached hydrogens (tertiary/aromatic N) is 2. The van der Waals surface area contributed by atoms with Crippen molar-refractivity contribution in [2.45, 2.75) is 26.3 Å². The van der Waals surface area contributed by atoms with Crippen molar-refractivity contribution in [3.8, 4) is 23.0 Å². The Morgan fingerprint density at radius 3 is 2.48 bits per heavy atom. The van der Waals surface area contributed by atoms with Gasteiger partial charge in [-0.3, -0.25) is 4.79 Å². The van der Waals surface area contributed by atoms with Gasteiger partial charge in [0.25, 0.3) is 5.89 Å². The maximum atomic E-state index is 11.3. The molecular formula is C19H19N3O3. The van der Waals surface area contributed by atoms with Crippen LogP contribution in [0, 0.1) is 0 Å². The molecule has 1 heterocycles. The van der Waals surface area contributed by atoms with Crippen LogP contribution in [0.5, 0.6) is 11.5 Å². The molecule has 3 aromatic rings. The van der Waals surface area contributed by atoms with Crippen LogP contribution < -0.4 is 10.1 Å². The molecule has 1 aromatic heterocycles. The molecule has 1 amide bonds. The Labute approximate surface area is 145 Å². The lowest BCUT2D eigenvalue weighted by Crippen LogP contribution is -2.40. The first-order chi connectivity index (χ1) is 12.0. The number of hydrogen-bond acceptors (Lipinski definition) is 5. The molecule has 3 rings (SSSR count). The number of nitrogens with one attached hydrogen (secondary N) is 1. The van der Waals surface area contributed by atoms with E-state index in [4.69, 9.17) is 9.26 Å². The molecule has 0 aliphatic heterocycles. The Bertz CT molecular complexity index is 872. The standard InChI is InChI=1S/C19H19N3O3/c1-13(23)21-19(2,3)18-20-17(25-22-18)15-11-7-8-12-16(15)24-14-9-5-4-6-10-14/h4-12H,1-3H3,(H,21,23). The molecule has 128 valence electrons. The average molecular weight is 337 g/mol. The van der Waals surface area contributed by atoms with E-state index in [1.165, 1.54) is 6.92 Å². The lowest BCUT2D eigenvalue weighted by Gasteiger charge is -2.20. The van der Waals surface area contributed by atoms with Gasteiger partial charge in [0, 0.05) is 6.92 Å². The highest BCUT2D eigenvalue weighted by Gasteiger charge is 2.28. The summed E-state index contributed by atoms with van der Waals surface area (Å²) in [6.07, 6.45) is 0. The van der Waals surface area contributed by atoms with Crippen LogP contribution in [0.4, 0.5) is 0 Å². The highest BCUT2D eigenvalue weighted by atomic mass is 16.5. The van der Waals surface area contributed by atoms with Crippen LogP contribution in [0.1, 0.15) is 26.6 Å². The Morgan fingerprint density at radius 1 is 1.08 bits per heavy atom. The molecular weight excluding hydrogens is 318 g/mol. The van der Waals surface area contributed by atoms with E-state index in [1.807, 2.05) is 68.4 Å². The summed E-state index contributed by atoms with van der Waals surface area (Å²) in [6.45, 7) is 5.08. The third-order valence-electron chi connectivity index (χ3n) is 3.56. The molecule has 0 spiro atoms. The molecule has 2 aromatic carbocycles. The summed E-state index contributed by atoms with van der Waals surface area (Å²) in [7, 11) is 0. The fourth-order valence-corrected chi connectivity index (χ4v) is 2.43. The molecule has 0 atom stereocenters. The van der Waals surface area contributed by atoms with Crippen molar-refractivity contribution in [3.63, 3.8) is 0 Å². The van der Waals surface area contributed by atoms with Crippen molar-refractivity contribution in [1.82, 2.24) is 15.5 Å². The number of carbonyl (C=O) groups excluding carboxylic acids is 1. The van der Waals surface area contributed by atoms with Gasteiger partial charge in [-0.25, -0.2) is 0 Å². The largest absolute Gasteiger partial charge is 0.457 e. The van der Waals surface area contributed by atoms with E-state index >= 15 is 0 Å². The van der Waals surface area contributed by atoms with Crippen LogP contribution in [0.2, 0.25) is 0 Å². The summed E-state index contributed by atoms with van der Waals surface area (Å²) in [5.74, 6) is 1.89. The third-order valence-corrected chi connectivity index (χ3v) is 3.56. The monoisotopic (exact) mass is 337 g/mol. The second-order valence-corrected chi connectivity index (χ2v) is 6.14. The maximum absolute atomic E-state index is 11.3. The van der Waals surface area contributed by atoms with Gasteiger partial charge in [-0.15, -0.1) is 0 Å². The minimum absolute atomic E-state index is 0.163. The van der Waals surface area contributed by atoms with E-state index < -0.39 is 5.54 Å². The van der Waals surface area contributed by atoms with Gasteiger partial charge in [-0.05, 0) is 38.1 Å². The molecule has 0 aliphatic rings. The second-order valence-electron chi connectivity index (χ2n) is 6.14. The average Bonchev–Trinajstić information content (AvgIpc) is 3.06. The van der Waals surface area contributed by atoms with Crippen LogP contribution in [0.15, 0.2) is 59.1 Å². The molecule has 0 saturated carbocycles. The fraction of sp³-hybridized carbons (Fsp3) is 0.211. The molecule has 0 radical (unpaired) electrons. The zero-order valence-corrected chi connectivity index (χ0v) is 14.3. The van der Waals surface area contributed by atoms with Gasteiger partial charge in [-0.2, -0.15) is 4.98 Å². The van der Waals surface area contributed by atoms with E-state index in [2.05, 4.69) is 15.5 Å². The van der Waals surface area contributed by atoms with Crippen molar-refractivity contribution < 1.29 is 14.1 Å². The van der Waals surface area contributed by atoms with Crippen molar-refractivity contribution in [2.24, 2.45) is 0 Å². The lowest BCUT2D eigenvalue weighted by molar-refractivity contribution is -0.120. The number of hydrogen-bond donors (Lipinski definition) is 1. The summed E-state index contributed by atoms with van der Waals surface area (Å²) >= 11 is 0. The van der Waals surface area contributed by atoms with E-state index in [0.29, 0.717) is 28.8 Å². The van der Waals surface area contributed by atoms with E-state index in [1.54, 1.807) is 0 Å². The van der Waals surface area contributed by atoms with Crippen LogP contribution >= 0.6 is 0 Å². The van der Waals surface area contributed by atoms with E-state index in [0.717, 1.165) is 0 Å². The first-order valence-corrected chi connectivity index (χ1v) is 7.91. The van der Waals surface area contributed by atoms with Gasteiger partial charge < -0.3 is 14.6 Å². The van der Waals surface area contributed by atoms with Gasteiger partial charge >= 0.3 is 0 Å². The minimum atomic E-state index is -0.733. The van der Waals surface area contributed by atoms with Crippen molar-refractivity contribution in [3.05, 3.63) is 60.4 Å². The highest BCUT2D eigenvalue weighted by molar-refractivity contribution is 5.73. The van der Waals surface area contributed by atoms with Crippen LogP contribution in [0.3, 0.4) is 0 Å². The first-order valence-electron chi connectivity index (χ1n) is 7.91. The van der Waals surface area contributed by atoms with Crippen LogP contribution in [-0.2, 0) is 10.3 Å². The molecule has 0 saturated heterocycles. The molecule has 0 fully saturated rings. The Balaban J connectivity index is 1.92. The van der Waals surface area contributed by atoms with Crippen molar-refractivity contribution in [2.75, 3.05) is 0 Å². The Morgan fingerprint density at radius 2 is 1.76 bits per heavy atom. The smallest absolute Gasteiger partial charge is 0.261 e. The zero-order chi connectivity index (χ0) is 17.9. The number of benzene rings is 2. The highest BCUT2D eigenvalue weighted by Crippen LogP contribution is 2.33.